The quantitative estimate of drug-likeness (QED) is 0.810. The Morgan fingerprint density at radius 3 is 2.53 bits per heavy atom. The molecule has 0 aliphatic rings. The Morgan fingerprint density at radius 2 is 2.00 bits per heavy atom. The van der Waals surface area contributed by atoms with Crippen LogP contribution in [0.15, 0.2) is 18.2 Å². The van der Waals surface area contributed by atoms with E-state index in [1.165, 1.54) is 11.1 Å². The Labute approximate surface area is 104 Å². The summed E-state index contributed by atoms with van der Waals surface area (Å²) in [6.45, 7) is 6.37. The van der Waals surface area contributed by atoms with Crippen molar-refractivity contribution in [3.8, 4) is 0 Å². The average molecular weight is 234 g/mol. The van der Waals surface area contributed by atoms with E-state index in [1.807, 2.05) is 21.0 Å². The molecule has 1 N–H and O–H groups in total. The molecule has 0 heterocycles. The van der Waals surface area contributed by atoms with E-state index in [-0.39, 0.29) is 5.91 Å². The lowest BCUT2D eigenvalue weighted by molar-refractivity contribution is -0.124. The number of hydrazine groups is 1. The van der Waals surface area contributed by atoms with Crippen molar-refractivity contribution in [2.45, 2.75) is 33.1 Å². The van der Waals surface area contributed by atoms with Crippen molar-refractivity contribution < 1.29 is 4.79 Å². The van der Waals surface area contributed by atoms with Crippen LogP contribution in [0.1, 0.15) is 36.5 Å². The molecule has 0 radical (unpaired) electrons. The van der Waals surface area contributed by atoms with E-state index in [1.54, 1.807) is 5.01 Å². The number of amides is 1. The van der Waals surface area contributed by atoms with Crippen LogP contribution < -0.4 is 5.43 Å². The van der Waals surface area contributed by atoms with E-state index in [0.29, 0.717) is 12.3 Å². The average Bonchev–Trinajstić information content (AvgIpc) is 2.19. The van der Waals surface area contributed by atoms with E-state index in [0.717, 1.165) is 5.56 Å². The minimum Gasteiger partial charge on any atom is -0.289 e. The molecule has 3 nitrogen and oxygen atoms in total. The van der Waals surface area contributed by atoms with Crippen LogP contribution in [0.5, 0.6) is 0 Å². The molecule has 17 heavy (non-hydrogen) atoms. The van der Waals surface area contributed by atoms with E-state index in [2.05, 4.69) is 37.5 Å². The maximum absolute atomic E-state index is 11.7. The molecule has 0 saturated carbocycles. The molecule has 3 heteroatoms. The van der Waals surface area contributed by atoms with Gasteiger partial charge in [-0.2, -0.15) is 0 Å². The van der Waals surface area contributed by atoms with Crippen LogP contribution in [0, 0.1) is 6.92 Å². The van der Waals surface area contributed by atoms with Crippen molar-refractivity contribution in [3.05, 3.63) is 34.9 Å². The molecule has 1 aromatic rings. The fourth-order valence-corrected chi connectivity index (χ4v) is 1.70. The Kier molecular flexibility index (Phi) is 4.70. The second-order valence-corrected chi connectivity index (χ2v) is 4.95. The van der Waals surface area contributed by atoms with Gasteiger partial charge in [0, 0.05) is 14.1 Å². The predicted octanol–water partition coefficient (Wildman–Crippen LogP) is 2.25. The minimum absolute atomic E-state index is 0.0269. The Hall–Kier alpha value is -1.35. The minimum atomic E-state index is 0.0269. The smallest absolute Gasteiger partial charge is 0.238 e. The normalized spacial score (nSPS) is 11.0. The van der Waals surface area contributed by atoms with Gasteiger partial charge in [-0.05, 0) is 29.5 Å². The summed E-state index contributed by atoms with van der Waals surface area (Å²) in [7, 11) is 3.63. The third kappa shape index (κ3) is 4.19. The van der Waals surface area contributed by atoms with Gasteiger partial charge in [-0.25, -0.2) is 5.01 Å². The van der Waals surface area contributed by atoms with Gasteiger partial charge >= 0.3 is 0 Å². The first-order valence-electron chi connectivity index (χ1n) is 5.96. The number of nitrogens with zero attached hydrogens (tertiary/aromatic N) is 1. The van der Waals surface area contributed by atoms with Gasteiger partial charge in [-0.15, -0.1) is 0 Å². The first-order chi connectivity index (χ1) is 7.90. The summed E-state index contributed by atoms with van der Waals surface area (Å²) in [6.07, 6.45) is 0.435. The highest BCUT2D eigenvalue weighted by Crippen LogP contribution is 2.18. The van der Waals surface area contributed by atoms with E-state index >= 15 is 0 Å². The molecule has 0 bridgehead atoms. The highest BCUT2D eigenvalue weighted by atomic mass is 16.2. The topological polar surface area (TPSA) is 32.3 Å². The van der Waals surface area contributed by atoms with E-state index in [4.69, 9.17) is 0 Å². The lowest BCUT2D eigenvalue weighted by Crippen LogP contribution is -2.37. The summed E-state index contributed by atoms with van der Waals surface area (Å²) < 4.78 is 0. The molecule has 0 aromatic heterocycles. The van der Waals surface area contributed by atoms with Gasteiger partial charge in [0.25, 0.3) is 0 Å². The molecule has 0 aliphatic heterocycles. The van der Waals surface area contributed by atoms with Gasteiger partial charge in [0.05, 0.1) is 6.42 Å². The number of carbonyl (C=O) groups excluding carboxylic acids is 1. The monoisotopic (exact) mass is 234 g/mol. The number of aryl methyl sites for hydroxylation is 1. The summed E-state index contributed by atoms with van der Waals surface area (Å²) in [5, 5.41) is 1.67. The zero-order chi connectivity index (χ0) is 13.0. The van der Waals surface area contributed by atoms with Crippen molar-refractivity contribution in [3.63, 3.8) is 0 Å². The predicted molar refractivity (Wildman–Crippen MR) is 70.8 cm³/mol. The summed E-state index contributed by atoms with van der Waals surface area (Å²) in [5.41, 5.74) is 6.32. The lowest BCUT2D eigenvalue weighted by atomic mass is 9.96. The van der Waals surface area contributed by atoms with Crippen LogP contribution in [0.4, 0.5) is 0 Å². The van der Waals surface area contributed by atoms with Gasteiger partial charge < -0.3 is 0 Å². The molecule has 0 spiro atoms. The molecule has 0 aliphatic carbocycles. The zero-order valence-corrected chi connectivity index (χ0v) is 11.4. The molecular weight excluding hydrogens is 212 g/mol. The molecule has 94 valence electrons. The van der Waals surface area contributed by atoms with Crippen LogP contribution in [-0.2, 0) is 11.2 Å². The molecule has 0 atom stereocenters. The second kappa shape index (κ2) is 5.82. The van der Waals surface area contributed by atoms with Gasteiger partial charge in [0.1, 0.15) is 0 Å². The molecule has 1 amide bonds. The first-order valence-corrected chi connectivity index (χ1v) is 5.96. The first kappa shape index (κ1) is 13.7. The third-order valence-electron chi connectivity index (χ3n) is 2.74. The Morgan fingerprint density at radius 1 is 1.35 bits per heavy atom. The van der Waals surface area contributed by atoms with Crippen molar-refractivity contribution >= 4 is 5.91 Å². The Bertz CT molecular complexity index is 397. The number of hydrogen-bond acceptors (Lipinski definition) is 2. The van der Waals surface area contributed by atoms with Crippen LogP contribution in [0.2, 0.25) is 0 Å². The zero-order valence-electron chi connectivity index (χ0n) is 11.4. The second-order valence-electron chi connectivity index (χ2n) is 4.95. The van der Waals surface area contributed by atoms with E-state index < -0.39 is 0 Å². The van der Waals surface area contributed by atoms with Crippen molar-refractivity contribution in [2.24, 2.45) is 0 Å². The third-order valence-corrected chi connectivity index (χ3v) is 2.74. The van der Waals surface area contributed by atoms with Gasteiger partial charge in [0.2, 0.25) is 5.91 Å². The number of benzene rings is 1. The largest absolute Gasteiger partial charge is 0.289 e. The van der Waals surface area contributed by atoms with Gasteiger partial charge in [0.15, 0.2) is 0 Å². The van der Waals surface area contributed by atoms with E-state index in [9.17, 15) is 4.79 Å². The number of nitrogens with one attached hydrogen (secondary N) is 1. The van der Waals surface area contributed by atoms with Gasteiger partial charge in [-0.1, -0.05) is 32.0 Å². The Balaban J connectivity index is 2.82. The lowest BCUT2D eigenvalue weighted by Gasteiger charge is -2.14. The number of carbonyl (C=O) groups is 1. The van der Waals surface area contributed by atoms with Crippen LogP contribution in [0.25, 0.3) is 0 Å². The molecule has 0 fully saturated rings. The molecule has 0 unspecified atom stereocenters. The summed E-state index contributed by atoms with van der Waals surface area (Å²) >= 11 is 0. The summed E-state index contributed by atoms with van der Waals surface area (Å²) in [4.78, 5) is 11.7. The van der Waals surface area contributed by atoms with Crippen LogP contribution >= 0.6 is 0 Å². The molecular formula is C14H22N2O. The highest BCUT2D eigenvalue weighted by molar-refractivity contribution is 5.78. The highest BCUT2D eigenvalue weighted by Gasteiger charge is 2.08. The molecule has 0 saturated heterocycles. The fourth-order valence-electron chi connectivity index (χ4n) is 1.70. The van der Waals surface area contributed by atoms with Crippen molar-refractivity contribution in [1.82, 2.24) is 10.4 Å². The fraction of sp³-hybridized carbons (Fsp3) is 0.500. The standard InChI is InChI=1S/C14H22N2O/c1-10(2)12-7-6-11(3)13(8-12)9-14(17)15-16(4)5/h6-8,10H,9H2,1-5H3,(H,15,17). The van der Waals surface area contributed by atoms with Crippen LogP contribution in [-0.4, -0.2) is 25.0 Å². The maximum atomic E-state index is 11.7. The summed E-state index contributed by atoms with van der Waals surface area (Å²) in [5.74, 6) is 0.519. The SMILES string of the molecule is Cc1ccc(C(C)C)cc1CC(=O)NN(C)C. The number of rotatable bonds is 4. The summed E-state index contributed by atoms with van der Waals surface area (Å²) in [6, 6.07) is 6.36. The van der Waals surface area contributed by atoms with Crippen molar-refractivity contribution in [2.75, 3.05) is 14.1 Å². The molecule has 1 rings (SSSR count). The number of hydrogen-bond donors (Lipinski definition) is 1. The maximum Gasteiger partial charge on any atom is 0.238 e. The van der Waals surface area contributed by atoms with Gasteiger partial charge in [-0.3, -0.25) is 10.2 Å². The van der Waals surface area contributed by atoms with Crippen LogP contribution in [0.3, 0.4) is 0 Å². The molecule has 1 aromatic carbocycles. The van der Waals surface area contributed by atoms with Crippen molar-refractivity contribution in [1.29, 1.82) is 0 Å².